The average molecular weight is 361 g/mol. The molecule has 1 fully saturated rings. The third-order valence-electron chi connectivity index (χ3n) is 4.25. The Morgan fingerprint density at radius 1 is 1.15 bits per heavy atom. The number of benzene rings is 1. The monoisotopic (exact) mass is 361 g/mol. The smallest absolute Gasteiger partial charge is 0.340 e. The first-order valence-electron chi connectivity index (χ1n) is 8.20. The van der Waals surface area contributed by atoms with Crippen LogP contribution < -0.4 is 5.32 Å². The van der Waals surface area contributed by atoms with Crippen molar-refractivity contribution in [2.45, 2.75) is 19.0 Å². The Bertz CT molecular complexity index is 823. The van der Waals surface area contributed by atoms with Crippen LogP contribution in [0.15, 0.2) is 54.7 Å². The zero-order valence-corrected chi connectivity index (χ0v) is 14.0. The molecule has 26 heavy (non-hydrogen) atoms. The predicted molar refractivity (Wildman–Crippen MR) is 93.2 cm³/mol. The number of pyridine rings is 1. The van der Waals surface area contributed by atoms with Crippen LogP contribution in [0.3, 0.4) is 0 Å². The number of hydrogen-bond acceptors (Lipinski definition) is 3. The van der Waals surface area contributed by atoms with Gasteiger partial charge in [-0.2, -0.15) is 13.2 Å². The molecule has 136 valence electrons. The Kier molecular flexibility index (Phi) is 4.97. The van der Waals surface area contributed by atoms with E-state index >= 15 is 0 Å². The summed E-state index contributed by atoms with van der Waals surface area (Å²) in [5.74, 6) is 0.0429. The molecular weight excluding hydrogens is 343 g/mol. The first-order chi connectivity index (χ1) is 12.3. The fourth-order valence-corrected chi connectivity index (χ4v) is 2.78. The molecule has 1 aromatic carbocycles. The highest BCUT2D eigenvalue weighted by Crippen LogP contribution is 2.31. The van der Waals surface area contributed by atoms with Crippen molar-refractivity contribution in [2.24, 2.45) is 0 Å². The summed E-state index contributed by atoms with van der Waals surface area (Å²) in [6.45, 7) is 5.09. The molecule has 1 aliphatic heterocycles. The van der Waals surface area contributed by atoms with E-state index in [-0.39, 0.29) is 17.4 Å². The maximum atomic E-state index is 12.9. The minimum absolute atomic E-state index is 0.194. The molecular formula is C19H18F3N3O. The first-order valence-corrected chi connectivity index (χ1v) is 8.20. The molecule has 1 amide bonds. The van der Waals surface area contributed by atoms with E-state index in [1.807, 2.05) is 0 Å². The highest BCUT2D eigenvalue weighted by molar-refractivity contribution is 5.99. The van der Waals surface area contributed by atoms with Crippen molar-refractivity contribution in [3.63, 3.8) is 0 Å². The number of piperidine rings is 1. The van der Waals surface area contributed by atoms with E-state index in [9.17, 15) is 18.0 Å². The summed E-state index contributed by atoms with van der Waals surface area (Å²) in [4.78, 5) is 18.6. The summed E-state index contributed by atoms with van der Waals surface area (Å²) in [5.41, 5.74) is 0.903. The summed E-state index contributed by atoms with van der Waals surface area (Å²) in [5, 5.41) is 2.84. The molecule has 1 aliphatic rings. The zero-order valence-electron chi connectivity index (χ0n) is 14.0. The number of aromatic nitrogens is 1. The summed E-state index contributed by atoms with van der Waals surface area (Å²) >= 11 is 0. The molecule has 0 aliphatic carbocycles. The lowest BCUT2D eigenvalue weighted by atomic mass is 10.0. The Morgan fingerprint density at radius 3 is 2.58 bits per heavy atom. The SMILES string of the molecule is C=C1CCN(C(=O)c2cccnc2Nc2cccc(C(F)(F)F)c2)CC1. The van der Waals surface area contributed by atoms with Crippen LogP contribution in [0.1, 0.15) is 28.8 Å². The zero-order chi connectivity index (χ0) is 18.7. The van der Waals surface area contributed by atoms with Crippen LogP contribution in [0.2, 0.25) is 0 Å². The van der Waals surface area contributed by atoms with Crippen LogP contribution in [0.25, 0.3) is 0 Å². The van der Waals surface area contributed by atoms with Gasteiger partial charge in [0, 0.05) is 25.0 Å². The normalized spacial score (nSPS) is 15.0. The highest BCUT2D eigenvalue weighted by atomic mass is 19.4. The van der Waals surface area contributed by atoms with Crippen LogP contribution in [0, 0.1) is 0 Å². The number of likely N-dealkylation sites (tertiary alicyclic amines) is 1. The van der Waals surface area contributed by atoms with E-state index in [1.54, 1.807) is 17.0 Å². The third-order valence-corrected chi connectivity index (χ3v) is 4.25. The predicted octanol–water partition coefficient (Wildman–Crippen LogP) is 4.64. The largest absolute Gasteiger partial charge is 0.416 e. The maximum absolute atomic E-state index is 12.9. The Balaban J connectivity index is 1.84. The van der Waals surface area contributed by atoms with Crippen molar-refractivity contribution in [2.75, 3.05) is 18.4 Å². The number of amides is 1. The van der Waals surface area contributed by atoms with Crippen molar-refractivity contribution in [3.05, 3.63) is 65.9 Å². The number of alkyl halides is 3. The van der Waals surface area contributed by atoms with Gasteiger partial charge in [0.2, 0.25) is 0 Å². The summed E-state index contributed by atoms with van der Waals surface area (Å²) in [7, 11) is 0. The molecule has 0 spiro atoms. The van der Waals surface area contributed by atoms with Gasteiger partial charge < -0.3 is 10.2 Å². The fraction of sp³-hybridized carbons (Fsp3) is 0.263. The molecule has 3 rings (SSSR count). The van der Waals surface area contributed by atoms with Gasteiger partial charge in [0.15, 0.2) is 0 Å². The molecule has 1 N–H and O–H groups in total. The van der Waals surface area contributed by atoms with Crippen molar-refractivity contribution < 1.29 is 18.0 Å². The van der Waals surface area contributed by atoms with Crippen molar-refractivity contribution >= 4 is 17.4 Å². The first kappa shape index (κ1) is 18.0. The summed E-state index contributed by atoms with van der Waals surface area (Å²) in [6.07, 6.45) is -1.44. The third kappa shape index (κ3) is 4.04. The number of nitrogens with zero attached hydrogens (tertiary/aromatic N) is 2. The number of anilines is 2. The Morgan fingerprint density at radius 2 is 1.88 bits per heavy atom. The minimum Gasteiger partial charge on any atom is -0.340 e. The molecule has 0 bridgehead atoms. The number of carbonyl (C=O) groups is 1. The van der Waals surface area contributed by atoms with Gasteiger partial charge in [-0.25, -0.2) is 4.98 Å². The second-order valence-electron chi connectivity index (χ2n) is 6.15. The lowest BCUT2D eigenvalue weighted by Gasteiger charge is -2.28. The van der Waals surface area contributed by atoms with Gasteiger partial charge in [0.25, 0.3) is 5.91 Å². The van der Waals surface area contributed by atoms with Gasteiger partial charge in [-0.3, -0.25) is 4.79 Å². The average Bonchev–Trinajstić information content (AvgIpc) is 2.62. The molecule has 0 saturated carbocycles. The Labute approximate surface area is 149 Å². The van der Waals surface area contributed by atoms with Crippen LogP contribution >= 0.6 is 0 Å². The lowest BCUT2D eigenvalue weighted by Crippen LogP contribution is -2.36. The second kappa shape index (κ2) is 7.19. The number of nitrogens with one attached hydrogen (secondary N) is 1. The molecule has 7 heteroatoms. The molecule has 2 aromatic rings. The summed E-state index contributed by atoms with van der Waals surface area (Å²) in [6, 6.07) is 8.06. The van der Waals surface area contributed by atoms with Crippen LogP contribution in [0.4, 0.5) is 24.7 Å². The van der Waals surface area contributed by atoms with Crippen molar-refractivity contribution in [1.82, 2.24) is 9.88 Å². The summed E-state index contributed by atoms with van der Waals surface area (Å²) < 4.78 is 38.6. The van der Waals surface area contributed by atoms with E-state index in [0.717, 1.165) is 30.5 Å². The number of hydrogen-bond donors (Lipinski definition) is 1. The van der Waals surface area contributed by atoms with Gasteiger partial charge in [0.05, 0.1) is 11.1 Å². The van der Waals surface area contributed by atoms with E-state index in [4.69, 9.17) is 0 Å². The second-order valence-corrected chi connectivity index (χ2v) is 6.15. The number of halogens is 3. The highest BCUT2D eigenvalue weighted by Gasteiger charge is 2.30. The van der Waals surface area contributed by atoms with Crippen molar-refractivity contribution in [1.29, 1.82) is 0 Å². The topological polar surface area (TPSA) is 45.2 Å². The quantitative estimate of drug-likeness (QED) is 0.811. The van der Waals surface area contributed by atoms with Gasteiger partial charge >= 0.3 is 6.18 Å². The van der Waals surface area contributed by atoms with Gasteiger partial charge in [0.1, 0.15) is 5.82 Å². The maximum Gasteiger partial charge on any atom is 0.416 e. The van der Waals surface area contributed by atoms with Gasteiger partial charge in [-0.15, -0.1) is 0 Å². The van der Waals surface area contributed by atoms with E-state index in [1.165, 1.54) is 18.3 Å². The molecule has 1 saturated heterocycles. The number of rotatable bonds is 3. The Hall–Kier alpha value is -2.83. The minimum atomic E-state index is -4.43. The molecule has 0 atom stereocenters. The standard InChI is InChI=1S/C19H18F3N3O/c1-13-7-10-25(11-8-13)18(26)16-6-3-9-23-17(16)24-15-5-2-4-14(12-15)19(20,21)22/h2-6,9,12H,1,7-8,10-11H2,(H,23,24). The van der Waals surface area contributed by atoms with E-state index in [0.29, 0.717) is 18.7 Å². The fourth-order valence-electron chi connectivity index (χ4n) is 2.78. The molecule has 4 nitrogen and oxygen atoms in total. The molecule has 0 radical (unpaired) electrons. The van der Waals surface area contributed by atoms with Crippen molar-refractivity contribution in [3.8, 4) is 0 Å². The molecule has 1 aromatic heterocycles. The van der Waals surface area contributed by atoms with Gasteiger partial charge in [-0.1, -0.05) is 18.2 Å². The van der Waals surface area contributed by atoms with E-state index < -0.39 is 11.7 Å². The van der Waals surface area contributed by atoms with Crippen LogP contribution in [0.5, 0.6) is 0 Å². The van der Waals surface area contributed by atoms with Crippen LogP contribution in [-0.4, -0.2) is 28.9 Å². The van der Waals surface area contributed by atoms with E-state index in [2.05, 4.69) is 16.9 Å². The number of carbonyl (C=O) groups excluding carboxylic acids is 1. The van der Waals surface area contributed by atoms with Crippen LogP contribution in [-0.2, 0) is 6.18 Å². The molecule has 2 heterocycles. The molecule has 0 unspecified atom stereocenters. The lowest BCUT2D eigenvalue weighted by molar-refractivity contribution is -0.137. The van der Waals surface area contributed by atoms with Gasteiger partial charge in [-0.05, 0) is 43.2 Å².